The van der Waals surface area contributed by atoms with Crippen LogP contribution in [0.25, 0.3) is 12.2 Å². The highest BCUT2D eigenvalue weighted by atomic mass is 35.6. The minimum atomic E-state index is -1.91. The van der Waals surface area contributed by atoms with Gasteiger partial charge in [-0.1, -0.05) is 87.8 Å². The summed E-state index contributed by atoms with van der Waals surface area (Å²) < 4.78 is 1.53. The van der Waals surface area contributed by atoms with Gasteiger partial charge in [0.1, 0.15) is 12.4 Å². The number of alkyl halides is 6. The van der Waals surface area contributed by atoms with Crippen LogP contribution in [-0.2, 0) is 7.59 Å². The van der Waals surface area contributed by atoms with Crippen LogP contribution >= 0.6 is 69.6 Å². The predicted molar refractivity (Wildman–Crippen MR) is 106 cm³/mol. The zero-order valence-corrected chi connectivity index (χ0v) is 17.4. The average Bonchev–Trinajstić information content (AvgIpc) is 2.57. The van der Waals surface area contributed by atoms with Gasteiger partial charge >= 0.3 is 0 Å². The maximum absolute atomic E-state index is 8.81. The molecule has 0 saturated heterocycles. The molecule has 0 saturated carbocycles. The van der Waals surface area contributed by atoms with Gasteiger partial charge in [-0.05, 0) is 23.8 Å². The van der Waals surface area contributed by atoms with Gasteiger partial charge in [0.25, 0.3) is 0 Å². The van der Waals surface area contributed by atoms with Crippen molar-refractivity contribution in [1.82, 2.24) is 15.0 Å². The Balaban J connectivity index is 2.35. The number of halogens is 6. The Kier molecular flexibility index (Phi) is 7.62. The number of aliphatic hydroxyl groups excluding tert-OH is 1. The van der Waals surface area contributed by atoms with E-state index in [1.165, 1.54) is 0 Å². The number of hydrogen-bond donors (Lipinski definition) is 1. The lowest BCUT2D eigenvalue weighted by Crippen LogP contribution is -2.16. The lowest BCUT2D eigenvalue weighted by molar-refractivity contribution is 0.201. The molecule has 0 unspecified atom stereocenters. The van der Waals surface area contributed by atoms with Crippen LogP contribution in [-0.4, -0.2) is 33.3 Å². The third-order valence-electron chi connectivity index (χ3n) is 2.80. The van der Waals surface area contributed by atoms with E-state index in [0.29, 0.717) is 5.75 Å². The first-order valence-electron chi connectivity index (χ1n) is 7.02. The maximum atomic E-state index is 8.81. The molecule has 0 radical (unpaired) electrons. The van der Waals surface area contributed by atoms with Crippen molar-refractivity contribution < 1.29 is 9.84 Å². The lowest BCUT2D eigenvalue weighted by Gasteiger charge is -2.14. The molecule has 1 aromatic heterocycles. The van der Waals surface area contributed by atoms with E-state index in [9.17, 15) is 0 Å². The largest absolute Gasteiger partial charge is 0.491 e. The van der Waals surface area contributed by atoms with E-state index in [1.54, 1.807) is 30.4 Å². The van der Waals surface area contributed by atoms with E-state index < -0.39 is 7.59 Å². The summed E-state index contributed by atoms with van der Waals surface area (Å²) in [7, 11) is 0. The van der Waals surface area contributed by atoms with Crippen LogP contribution in [0.4, 0.5) is 0 Å². The van der Waals surface area contributed by atoms with E-state index in [-0.39, 0.29) is 30.7 Å². The van der Waals surface area contributed by atoms with E-state index in [0.717, 1.165) is 5.56 Å². The monoisotopic (exact) mass is 475 g/mol. The number of aliphatic hydroxyl groups is 1. The maximum Gasteiger partial charge on any atom is 0.250 e. The second kappa shape index (κ2) is 9.11. The van der Waals surface area contributed by atoms with Crippen molar-refractivity contribution in [3.63, 3.8) is 0 Å². The first kappa shape index (κ1) is 21.8. The third-order valence-corrected chi connectivity index (χ3v) is 3.82. The Morgan fingerprint density at radius 2 is 1.54 bits per heavy atom. The van der Waals surface area contributed by atoms with Crippen LogP contribution in [0.3, 0.4) is 0 Å². The number of ether oxygens (including phenoxy) is 1. The van der Waals surface area contributed by atoms with E-state index in [1.807, 2.05) is 6.07 Å². The number of benzene rings is 1. The van der Waals surface area contributed by atoms with Gasteiger partial charge in [-0.3, -0.25) is 0 Å². The molecule has 0 spiro atoms. The highest BCUT2D eigenvalue weighted by molar-refractivity contribution is 6.67. The molecule has 0 bridgehead atoms. The second-order valence-corrected chi connectivity index (χ2v) is 9.38. The summed E-state index contributed by atoms with van der Waals surface area (Å²) >= 11 is 35.0. The fourth-order valence-corrected chi connectivity index (χ4v) is 2.27. The van der Waals surface area contributed by atoms with Gasteiger partial charge in [0.15, 0.2) is 17.5 Å². The van der Waals surface area contributed by atoms with Gasteiger partial charge in [-0.15, -0.1) is 0 Å². The molecule has 11 heteroatoms. The fourth-order valence-electron chi connectivity index (χ4n) is 1.76. The molecule has 0 aliphatic rings. The third kappa shape index (κ3) is 6.57. The molecule has 1 heterocycles. The van der Waals surface area contributed by atoms with Gasteiger partial charge in [0, 0.05) is 0 Å². The Hall–Kier alpha value is -0.530. The number of rotatable bonds is 5. The molecular weight excluding hydrogens is 467 g/mol. The summed E-state index contributed by atoms with van der Waals surface area (Å²) in [4.78, 5) is 12.0. The van der Waals surface area contributed by atoms with Gasteiger partial charge < -0.3 is 9.84 Å². The van der Waals surface area contributed by atoms with Crippen molar-refractivity contribution in [2.75, 3.05) is 13.2 Å². The molecule has 0 atom stereocenters. The van der Waals surface area contributed by atoms with Crippen LogP contribution in [0.15, 0.2) is 24.3 Å². The zero-order chi connectivity index (χ0) is 19.4. The standard InChI is InChI=1S/C15H11Cl6N3O2/c16-14(17,18)12-22-11(23-13(24-12)15(19,20)21)5-4-9-2-1-3-10(8-9)26-7-6-25/h1-5,8,25H,6-7H2/b5-4+. The molecule has 26 heavy (non-hydrogen) atoms. The Labute approximate surface area is 179 Å². The molecule has 2 aromatic rings. The summed E-state index contributed by atoms with van der Waals surface area (Å²) in [5, 5.41) is 8.81. The van der Waals surface area contributed by atoms with E-state index in [4.69, 9.17) is 79.4 Å². The van der Waals surface area contributed by atoms with Gasteiger partial charge in [0.05, 0.1) is 6.61 Å². The van der Waals surface area contributed by atoms with Gasteiger partial charge in [-0.2, -0.15) is 0 Å². The van der Waals surface area contributed by atoms with Gasteiger partial charge in [0.2, 0.25) is 7.59 Å². The molecule has 2 rings (SSSR count). The van der Waals surface area contributed by atoms with Crippen molar-refractivity contribution >= 4 is 81.8 Å². The summed E-state index contributed by atoms with van der Waals surface area (Å²) in [6, 6.07) is 7.14. The number of hydrogen-bond acceptors (Lipinski definition) is 5. The van der Waals surface area contributed by atoms with Crippen LogP contribution in [0.1, 0.15) is 23.0 Å². The average molecular weight is 478 g/mol. The number of aromatic nitrogens is 3. The summed E-state index contributed by atoms with van der Waals surface area (Å²) in [5.41, 5.74) is 0.784. The summed E-state index contributed by atoms with van der Waals surface area (Å²) in [5.74, 6) is 0.405. The van der Waals surface area contributed by atoms with Crippen molar-refractivity contribution in [2.45, 2.75) is 7.59 Å². The molecule has 0 aliphatic heterocycles. The van der Waals surface area contributed by atoms with Crippen molar-refractivity contribution in [3.8, 4) is 5.75 Å². The molecule has 0 fully saturated rings. The van der Waals surface area contributed by atoms with Crippen LogP contribution in [0.2, 0.25) is 0 Å². The van der Waals surface area contributed by atoms with Gasteiger partial charge in [-0.25, -0.2) is 15.0 Å². The first-order valence-corrected chi connectivity index (χ1v) is 9.28. The Morgan fingerprint density at radius 1 is 0.923 bits per heavy atom. The van der Waals surface area contributed by atoms with Crippen molar-refractivity contribution in [1.29, 1.82) is 0 Å². The van der Waals surface area contributed by atoms with E-state index >= 15 is 0 Å². The first-order chi connectivity index (χ1) is 12.1. The molecule has 140 valence electrons. The molecular formula is C15H11Cl6N3O2. The highest BCUT2D eigenvalue weighted by Crippen LogP contribution is 2.39. The fraction of sp³-hybridized carbons (Fsp3) is 0.267. The smallest absolute Gasteiger partial charge is 0.250 e. The Morgan fingerprint density at radius 3 is 2.08 bits per heavy atom. The predicted octanol–water partition coefficient (Wildman–Crippen LogP) is 5.07. The lowest BCUT2D eigenvalue weighted by atomic mass is 10.2. The molecule has 1 aromatic carbocycles. The second-order valence-electron chi connectivity index (χ2n) is 4.81. The van der Waals surface area contributed by atoms with Crippen molar-refractivity contribution in [3.05, 3.63) is 47.3 Å². The zero-order valence-electron chi connectivity index (χ0n) is 12.8. The molecule has 0 aliphatic carbocycles. The highest BCUT2D eigenvalue weighted by Gasteiger charge is 2.33. The van der Waals surface area contributed by atoms with Crippen molar-refractivity contribution in [2.24, 2.45) is 0 Å². The molecule has 5 nitrogen and oxygen atoms in total. The quantitative estimate of drug-likeness (QED) is 0.609. The summed E-state index contributed by atoms with van der Waals surface area (Å²) in [6.07, 6.45) is 3.25. The molecule has 0 amide bonds. The van der Waals surface area contributed by atoms with Crippen LogP contribution < -0.4 is 4.74 Å². The minimum Gasteiger partial charge on any atom is -0.491 e. The molecule has 1 N–H and O–H groups in total. The SMILES string of the molecule is OCCOc1cccc(/C=C/c2nc(C(Cl)(Cl)Cl)nc(C(Cl)(Cl)Cl)n2)c1. The Bertz CT molecular complexity index is 757. The van der Waals surface area contributed by atoms with E-state index in [2.05, 4.69) is 15.0 Å². The minimum absolute atomic E-state index is 0.0788. The number of nitrogens with zero attached hydrogens (tertiary/aromatic N) is 3. The normalized spacial score (nSPS) is 12.6. The summed E-state index contributed by atoms with van der Waals surface area (Å²) in [6.45, 7) is 0.115. The van der Waals surface area contributed by atoms with Crippen LogP contribution in [0.5, 0.6) is 5.75 Å². The van der Waals surface area contributed by atoms with Crippen LogP contribution in [0, 0.1) is 0 Å². The topological polar surface area (TPSA) is 68.1 Å².